The quantitative estimate of drug-likeness (QED) is 0.561. The molecule has 1 fully saturated rings. The standard InChI is InChI=1S/C13H21NO2S/c1-7-9(4)11(15)14-10(8(2)3)13(5,6)16-12(14)17/h7-8,10H,1-6H3/b9-7+/t10-/m0/s1. The Hall–Kier alpha value is -0.900. The van der Waals surface area contributed by atoms with Crippen LogP contribution in [0.25, 0.3) is 0 Å². The summed E-state index contributed by atoms with van der Waals surface area (Å²) in [6.45, 7) is 11.8. The molecule has 4 heteroatoms. The van der Waals surface area contributed by atoms with Gasteiger partial charge in [-0.25, -0.2) is 0 Å². The van der Waals surface area contributed by atoms with E-state index in [9.17, 15) is 4.79 Å². The molecular weight excluding hydrogens is 234 g/mol. The molecule has 1 saturated heterocycles. The van der Waals surface area contributed by atoms with Crippen molar-refractivity contribution in [2.75, 3.05) is 0 Å². The summed E-state index contributed by atoms with van der Waals surface area (Å²) >= 11 is 5.18. The monoisotopic (exact) mass is 255 g/mol. The predicted octanol–water partition coefficient (Wildman–Crippen LogP) is 2.90. The van der Waals surface area contributed by atoms with Crippen molar-refractivity contribution in [1.29, 1.82) is 0 Å². The number of allylic oxidation sites excluding steroid dienone is 1. The lowest BCUT2D eigenvalue weighted by Crippen LogP contribution is -2.48. The van der Waals surface area contributed by atoms with Gasteiger partial charge in [0.2, 0.25) is 0 Å². The molecule has 0 radical (unpaired) electrons. The molecule has 96 valence electrons. The summed E-state index contributed by atoms with van der Waals surface area (Å²) in [4.78, 5) is 13.9. The van der Waals surface area contributed by atoms with Crippen molar-refractivity contribution in [1.82, 2.24) is 4.90 Å². The molecule has 1 aliphatic heterocycles. The highest BCUT2D eigenvalue weighted by Gasteiger charge is 2.49. The van der Waals surface area contributed by atoms with E-state index in [1.54, 1.807) is 17.9 Å². The Balaban J connectivity index is 3.13. The molecule has 0 aromatic carbocycles. The molecule has 3 nitrogen and oxygen atoms in total. The smallest absolute Gasteiger partial charge is 0.267 e. The van der Waals surface area contributed by atoms with E-state index in [1.807, 2.05) is 20.8 Å². The van der Waals surface area contributed by atoms with Gasteiger partial charge in [-0.2, -0.15) is 0 Å². The van der Waals surface area contributed by atoms with Gasteiger partial charge >= 0.3 is 0 Å². The summed E-state index contributed by atoms with van der Waals surface area (Å²) in [6, 6.07) is -0.0163. The van der Waals surface area contributed by atoms with Crippen LogP contribution in [0.1, 0.15) is 41.5 Å². The zero-order valence-corrected chi connectivity index (χ0v) is 12.2. The van der Waals surface area contributed by atoms with Gasteiger partial charge in [0.15, 0.2) is 0 Å². The van der Waals surface area contributed by atoms with Crippen molar-refractivity contribution in [2.24, 2.45) is 5.92 Å². The van der Waals surface area contributed by atoms with E-state index in [0.29, 0.717) is 16.7 Å². The lowest BCUT2D eigenvalue weighted by atomic mass is 9.88. The third-order valence-electron chi connectivity index (χ3n) is 3.16. The molecule has 0 spiro atoms. The molecule has 0 unspecified atom stereocenters. The van der Waals surface area contributed by atoms with E-state index in [1.165, 1.54) is 0 Å². The fourth-order valence-electron chi connectivity index (χ4n) is 2.38. The third kappa shape index (κ3) is 2.51. The van der Waals surface area contributed by atoms with Crippen molar-refractivity contribution in [3.63, 3.8) is 0 Å². The first-order valence-corrected chi connectivity index (χ1v) is 6.32. The van der Waals surface area contributed by atoms with Crippen molar-refractivity contribution in [2.45, 2.75) is 53.2 Å². The Morgan fingerprint density at radius 1 is 1.53 bits per heavy atom. The van der Waals surface area contributed by atoms with Crippen LogP contribution < -0.4 is 0 Å². The summed E-state index contributed by atoms with van der Waals surface area (Å²) in [5.41, 5.74) is 0.272. The van der Waals surface area contributed by atoms with E-state index in [4.69, 9.17) is 17.0 Å². The maximum absolute atomic E-state index is 12.3. The number of nitrogens with zero attached hydrogens (tertiary/aromatic N) is 1. The molecule has 17 heavy (non-hydrogen) atoms. The molecule has 0 saturated carbocycles. The molecule has 0 aromatic rings. The minimum atomic E-state index is -0.422. The van der Waals surface area contributed by atoms with Crippen molar-refractivity contribution in [3.8, 4) is 0 Å². The topological polar surface area (TPSA) is 29.5 Å². The van der Waals surface area contributed by atoms with Gasteiger partial charge in [0.1, 0.15) is 5.60 Å². The van der Waals surface area contributed by atoms with Crippen LogP contribution in [0.2, 0.25) is 0 Å². The van der Waals surface area contributed by atoms with Gasteiger partial charge in [0.25, 0.3) is 11.1 Å². The largest absolute Gasteiger partial charge is 0.462 e. The minimum absolute atomic E-state index is 0.0163. The Labute approximate surface area is 109 Å². The van der Waals surface area contributed by atoms with E-state index in [2.05, 4.69) is 13.8 Å². The lowest BCUT2D eigenvalue weighted by Gasteiger charge is -2.31. The van der Waals surface area contributed by atoms with Crippen LogP contribution in [-0.4, -0.2) is 27.6 Å². The molecule has 1 atom stereocenters. The van der Waals surface area contributed by atoms with E-state index < -0.39 is 5.60 Å². The summed E-state index contributed by atoms with van der Waals surface area (Å²) in [5, 5.41) is 0.292. The Morgan fingerprint density at radius 3 is 2.47 bits per heavy atom. The average Bonchev–Trinajstić information content (AvgIpc) is 2.45. The molecule has 1 rings (SSSR count). The van der Waals surface area contributed by atoms with Gasteiger partial charge in [0.05, 0.1) is 6.04 Å². The Bertz CT molecular complexity index is 372. The van der Waals surface area contributed by atoms with Crippen LogP contribution in [0.15, 0.2) is 11.6 Å². The molecular formula is C13H21NO2S. The summed E-state index contributed by atoms with van der Waals surface area (Å²) in [7, 11) is 0. The minimum Gasteiger partial charge on any atom is -0.462 e. The highest BCUT2D eigenvalue weighted by atomic mass is 32.1. The van der Waals surface area contributed by atoms with Crippen molar-refractivity contribution in [3.05, 3.63) is 11.6 Å². The van der Waals surface area contributed by atoms with E-state index >= 15 is 0 Å². The molecule has 0 N–H and O–H groups in total. The maximum Gasteiger partial charge on any atom is 0.267 e. The highest BCUT2D eigenvalue weighted by Crippen LogP contribution is 2.35. The van der Waals surface area contributed by atoms with E-state index in [-0.39, 0.29) is 11.9 Å². The third-order valence-corrected chi connectivity index (χ3v) is 3.44. The normalized spacial score (nSPS) is 24.2. The number of amides is 1. The van der Waals surface area contributed by atoms with Gasteiger partial charge < -0.3 is 4.74 Å². The molecule has 1 aliphatic rings. The second-order valence-electron chi connectivity index (χ2n) is 5.31. The number of hydrogen-bond donors (Lipinski definition) is 0. The first-order valence-electron chi connectivity index (χ1n) is 5.91. The van der Waals surface area contributed by atoms with Crippen molar-refractivity contribution < 1.29 is 9.53 Å². The average molecular weight is 255 g/mol. The number of ether oxygens (including phenoxy) is 1. The molecule has 0 aliphatic carbocycles. The Morgan fingerprint density at radius 2 is 2.06 bits per heavy atom. The number of rotatable bonds is 2. The maximum atomic E-state index is 12.3. The Kier molecular flexibility index (Phi) is 3.97. The highest BCUT2D eigenvalue weighted by molar-refractivity contribution is 7.80. The van der Waals surface area contributed by atoms with Gasteiger partial charge in [-0.05, 0) is 45.8 Å². The van der Waals surface area contributed by atoms with Crippen LogP contribution >= 0.6 is 12.2 Å². The molecule has 1 amide bonds. The number of thiocarbonyl (C=S) groups is 1. The van der Waals surface area contributed by atoms with Crippen LogP contribution in [0.4, 0.5) is 0 Å². The van der Waals surface area contributed by atoms with Gasteiger partial charge in [-0.3, -0.25) is 9.69 Å². The second kappa shape index (κ2) is 4.77. The summed E-state index contributed by atoms with van der Waals surface area (Å²) in [6.07, 6.45) is 1.80. The molecule has 0 bridgehead atoms. The molecule has 0 aromatic heterocycles. The van der Waals surface area contributed by atoms with Crippen LogP contribution in [-0.2, 0) is 9.53 Å². The van der Waals surface area contributed by atoms with Crippen LogP contribution in [0.3, 0.4) is 0 Å². The lowest BCUT2D eigenvalue weighted by molar-refractivity contribution is -0.125. The summed E-state index contributed by atoms with van der Waals surface area (Å²) in [5.74, 6) is 0.237. The van der Waals surface area contributed by atoms with Crippen LogP contribution in [0, 0.1) is 5.92 Å². The number of carbonyl (C=O) groups is 1. The van der Waals surface area contributed by atoms with Crippen LogP contribution in [0.5, 0.6) is 0 Å². The SMILES string of the molecule is C/C=C(\C)C(=O)N1C(=S)OC(C)(C)[C@@H]1C(C)C. The van der Waals surface area contributed by atoms with Gasteiger partial charge in [-0.15, -0.1) is 0 Å². The van der Waals surface area contributed by atoms with Crippen molar-refractivity contribution >= 4 is 23.3 Å². The number of carbonyl (C=O) groups excluding carboxylic acids is 1. The van der Waals surface area contributed by atoms with Gasteiger partial charge in [0, 0.05) is 5.57 Å². The fourth-order valence-corrected chi connectivity index (χ4v) is 2.79. The zero-order chi connectivity index (χ0) is 13.4. The first-order chi connectivity index (χ1) is 7.72. The molecule has 1 heterocycles. The summed E-state index contributed by atoms with van der Waals surface area (Å²) < 4.78 is 5.66. The second-order valence-corrected chi connectivity index (χ2v) is 5.66. The van der Waals surface area contributed by atoms with Gasteiger partial charge in [-0.1, -0.05) is 19.9 Å². The number of hydrogen-bond acceptors (Lipinski definition) is 3. The zero-order valence-electron chi connectivity index (χ0n) is 11.4. The predicted molar refractivity (Wildman–Crippen MR) is 72.7 cm³/mol. The first kappa shape index (κ1) is 14.2. The fraction of sp³-hybridized carbons (Fsp3) is 0.692. The van der Waals surface area contributed by atoms with E-state index in [0.717, 1.165) is 0 Å².